The second-order valence-electron chi connectivity index (χ2n) is 6.83. The normalized spacial score (nSPS) is 20.5. The third-order valence-corrected chi connectivity index (χ3v) is 4.95. The Hall–Kier alpha value is -1.84. The van der Waals surface area contributed by atoms with Crippen LogP contribution in [0.1, 0.15) is 38.2 Å². The van der Waals surface area contributed by atoms with Crippen molar-refractivity contribution in [1.82, 2.24) is 10.2 Å². The summed E-state index contributed by atoms with van der Waals surface area (Å²) in [7, 11) is 0. The van der Waals surface area contributed by atoms with Crippen molar-refractivity contribution in [3.63, 3.8) is 0 Å². The van der Waals surface area contributed by atoms with E-state index in [9.17, 15) is 9.59 Å². The lowest BCUT2D eigenvalue weighted by molar-refractivity contribution is -0.140. The maximum atomic E-state index is 12.5. The molecule has 0 bridgehead atoms. The summed E-state index contributed by atoms with van der Waals surface area (Å²) in [5.74, 6) is 0.679. The van der Waals surface area contributed by atoms with E-state index in [0.717, 1.165) is 31.2 Å². The van der Waals surface area contributed by atoms with E-state index in [-0.39, 0.29) is 17.2 Å². The second-order valence-corrected chi connectivity index (χ2v) is 6.83. The Bertz CT molecular complexity index is 543. The molecule has 0 radical (unpaired) electrons. The lowest BCUT2D eigenvalue weighted by atomic mass is 9.79. The fourth-order valence-electron chi connectivity index (χ4n) is 3.03. The van der Waals surface area contributed by atoms with Crippen LogP contribution in [0.3, 0.4) is 0 Å². The van der Waals surface area contributed by atoms with Gasteiger partial charge < -0.3 is 10.2 Å². The summed E-state index contributed by atoms with van der Waals surface area (Å²) >= 11 is 0. The largest absolute Gasteiger partial charge is 0.352 e. The summed E-state index contributed by atoms with van der Waals surface area (Å²) in [6, 6.07) is 9.95. The number of nitrogens with one attached hydrogen (secondary N) is 1. The molecule has 118 valence electrons. The van der Waals surface area contributed by atoms with Gasteiger partial charge in [-0.15, -0.1) is 0 Å². The number of amides is 2. The van der Waals surface area contributed by atoms with E-state index in [4.69, 9.17) is 0 Å². The van der Waals surface area contributed by atoms with Crippen molar-refractivity contribution in [3.05, 3.63) is 35.9 Å². The summed E-state index contributed by atoms with van der Waals surface area (Å²) in [6.07, 6.45) is 3.60. The first-order valence-electron chi connectivity index (χ1n) is 8.19. The second kappa shape index (κ2) is 6.11. The quantitative estimate of drug-likeness (QED) is 0.928. The number of hydrogen-bond acceptors (Lipinski definition) is 2. The Morgan fingerprint density at radius 3 is 2.41 bits per heavy atom. The van der Waals surface area contributed by atoms with Crippen molar-refractivity contribution in [3.8, 4) is 0 Å². The van der Waals surface area contributed by atoms with Gasteiger partial charge in [0, 0.05) is 31.0 Å². The minimum absolute atomic E-state index is 0.106. The van der Waals surface area contributed by atoms with E-state index < -0.39 is 0 Å². The van der Waals surface area contributed by atoms with Crippen molar-refractivity contribution < 1.29 is 9.59 Å². The Morgan fingerprint density at radius 1 is 1.18 bits per heavy atom. The number of carbonyl (C=O) groups is 2. The van der Waals surface area contributed by atoms with Crippen LogP contribution in [0, 0.1) is 11.3 Å². The van der Waals surface area contributed by atoms with Crippen molar-refractivity contribution >= 4 is 11.8 Å². The van der Waals surface area contributed by atoms with Gasteiger partial charge in [0.2, 0.25) is 11.8 Å². The lowest BCUT2D eigenvalue weighted by Crippen LogP contribution is -2.49. The number of carbonyl (C=O) groups excluding carboxylic acids is 2. The van der Waals surface area contributed by atoms with Gasteiger partial charge in [-0.3, -0.25) is 9.59 Å². The molecule has 2 aliphatic rings. The summed E-state index contributed by atoms with van der Waals surface area (Å²) in [5.41, 5.74) is 0.760. The van der Waals surface area contributed by atoms with Crippen LogP contribution in [-0.2, 0) is 16.1 Å². The molecule has 0 atom stereocenters. The zero-order chi connectivity index (χ0) is 15.6. The molecule has 0 spiro atoms. The van der Waals surface area contributed by atoms with Crippen LogP contribution in [0.15, 0.2) is 30.3 Å². The van der Waals surface area contributed by atoms with Gasteiger partial charge in [-0.2, -0.15) is 0 Å². The first-order valence-corrected chi connectivity index (χ1v) is 8.19. The fourth-order valence-corrected chi connectivity index (χ4v) is 3.03. The van der Waals surface area contributed by atoms with E-state index in [1.54, 1.807) is 0 Å². The number of likely N-dealkylation sites (tertiary alicyclic amines) is 1. The SMILES string of the molecule is CC1(C(=O)NCc2ccccc2)CCN(C(=O)C2CC2)CC1. The minimum Gasteiger partial charge on any atom is -0.352 e. The van der Waals surface area contributed by atoms with Crippen LogP contribution in [0.2, 0.25) is 0 Å². The van der Waals surface area contributed by atoms with Gasteiger partial charge in [0.15, 0.2) is 0 Å². The molecule has 22 heavy (non-hydrogen) atoms. The van der Waals surface area contributed by atoms with Gasteiger partial charge in [-0.25, -0.2) is 0 Å². The van der Waals surface area contributed by atoms with Gasteiger partial charge >= 0.3 is 0 Å². The maximum Gasteiger partial charge on any atom is 0.226 e. The Morgan fingerprint density at radius 2 is 1.82 bits per heavy atom. The molecule has 1 aromatic rings. The molecule has 1 heterocycles. The highest BCUT2D eigenvalue weighted by Crippen LogP contribution is 2.35. The van der Waals surface area contributed by atoms with Gasteiger partial charge in [0.1, 0.15) is 0 Å². The zero-order valence-corrected chi connectivity index (χ0v) is 13.2. The first kappa shape index (κ1) is 15.1. The lowest BCUT2D eigenvalue weighted by Gasteiger charge is -2.38. The van der Waals surface area contributed by atoms with Gasteiger partial charge in [-0.05, 0) is 31.2 Å². The van der Waals surface area contributed by atoms with Crippen molar-refractivity contribution in [2.45, 2.75) is 39.2 Å². The molecule has 1 saturated carbocycles. The molecular weight excluding hydrogens is 276 g/mol. The molecule has 1 aliphatic heterocycles. The van der Waals surface area contributed by atoms with E-state index >= 15 is 0 Å². The number of rotatable bonds is 4. The average Bonchev–Trinajstić information content (AvgIpc) is 3.38. The van der Waals surface area contributed by atoms with E-state index in [0.29, 0.717) is 25.5 Å². The van der Waals surface area contributed by atoms with Gasteiger partial charge in [-0.1, -0.05) is 37.3 Å². The van der Waals surface area contributed by atoms with Crippen LogP contribution in [0.5, 0.6) is 0 Å². The summed E-state index contributed by atoms with van der Waals surface area (Å²) in [4.78, 5) is 26.5. The van der Waals surface area contributed by atoms with Crippen molar-refractivity contribution in [2.75, 3.05) is 13.1 Å². The summed E-state index contributed by atoms with van der Waals surface area (Å²) in [6.45, 7) is 4.02. The molecule has 0 unspecified atom stereocenters. The molecule has 1 aliphatic carbocycles. The Labute approximate surface area is 131 Å². The number of benzene rings is 1. The molecule has 1 aromatic carbocycles. The molecule has 2 amide bonds. The van der Waals surface area contributed by atoms with Gasteiger partial charge in [0.25, 0.3) is 0 Å². The zero-order valence-electron chi connectivity index (χ0n) is 13.2. The molecule has 4 heteroatoms. The van der Waals surface area contributed by atoms with Crippen LogP contribution >= 0.6 is 0 Å². The molecule has 2 fully saturated rings. The third-order valence-electron chi connectivity index (χ3n) is 4.95. The molecular formula is C18H24N2O2. The summed E-state index contributed by atoms with van der Waals surface area (Å²) in [5, 5.41) is 3.05. The minimum atomic E-state index is -0.352. The fraction of sp³-hybridized carbons (Fsp3) is 0.556. The number of nitrogens with zero attached hydrogens (tertiary/aromatic N) is 1. The summed E-state index contributed by atoms with van der Waals surface area (Å²) < 4.78 is 0. The Kier molecular flexibility index (Phi) is 4.19. The van der Waals surface area contributed by atoms with Crippen LogP contribution in [0.4, 0.5) is 0 Å². The highest BCUT2D eigenvalue weighted by molar-refractivity contribution is 5.84. The number of hydrogen-bond donors (Lipinski definition) is 1. The van der Waals surface area contributed by atoms with E-state index in [1.807, 2.05) is 42.2 Å². The van der Waals surface area contributed by atoms with Crippen molar-refractivity contribution in [2.24, 2.45) is 11.3 Å². The molecule has 4 nitrogen and oxygen atoms in total. The standard InChI is InChI=1S/C18H24N2O2/c1-18(17(22)19-13-14-5-3-2-4-6-14)9-11-20(12-10-18)16(21)15-7-8-15/h2-6,15H,7-13H2,1H3,(H,19,22). The van der Waals surface area contributed by atoms with Crippen LogP contribution < -0.4 is 5.32 Å². The molecule has 0 aromatic heterocycles. The average molecular weight is 300 g/mol. The first-order chi connectivity index (χ1) is 10.6. The topological polar surface area (TPSA) is 49.4 Å². The molecule has 1 N–H and O–H groups in total. The maximum absolute atomic E-state index is 12.5. The monoisotopic (exact) mass is 300 g/mol. The van der Waals surface area contributed by atoms with Crippen LogP contribution in [-0.4, -0.2) is 29.8 Å². The molecule has 1 saturated heterocycles. The predicted octanol–water partition coefficient (Wildman–Crippen LogP) is 2.34. The van der Waals surface area contributed by atoms with E-state index in [1.165, 1.54) is 0 Å². The molecule has 3 rings (SSSR count). The number of piperidine rings is 1. The highest BCUT2D eigenvalue weighted by Gasteiger charge is 2.40. The Balaban J connectivity index is 1.51. The smallest absolute Gasteiger partial charge is 0.226 e. The van der Waals surface area contributed by atoms with Gasteiger partial charge in [0.05, 0.1) is 0 Å². The van der Waals surface area contributed by atoms with Crippen molar-refractivity contribution in [1.29, 1.82) is 0 Å². The predicted molar refractivity (Wildman–Crippen MR) is 84.9 cm³/mol. The van der Waals surface area contributed by atoms with E-state index in [2.05, 4.69) is 5.32 Å². The third kappa shape index (κ3) is 3.32. The highest BCUT2D eigenvalue weighted by atomic mass is 16.2. The van der Waals surface area contributed by atoms with Crippen LogP contribution in [0.25, 0.3) is 0 Å².